The van der Waals surface area contributed by atoms with E-state index in [1.54, 1.807) is 17.5 Å². The van der Waals surface area contributed by atoms with Crippen LogP contribution < -0.4 is 5.32 Å². The van der Waals surface area contributed by atoms with Crippen LogP contribution in [0.5, 0.6) is 0 Å². The van der Waals surface area contributed by atoms with Crippen molar-refractivity contribution in [1.29, 1.82) is 0 Å². The van der Waals surface area contributed by atoms with E-state index >= 15 is 0 Å². The van der Waals surface area contributed by atoms with Crippen LogP contribution in [-0.2, 0) is 24.3 Å². The van der Waals surface area contributed by atoms with Crippen LogP contribution in [0.4, 0.5) is 0 Å². The second-order valence-corrected chi connectivity index (χ2v) is 7.10. The molecule has 3 heterocycles. The molecule has 136 valence electrons. The molecule has 3 rings (SSSR count). The van der Waals surface area contributed by atoms with Gasteiger partial charge in [0.15, 0.2) is 0 Å². The zero-order chi connectivity index (χ0) is 17.6. The summed E-state index contributed by atoms with van der Waals surface area (Å²) >= 11 is 1.58. The number of nitrogens with one attached hydrogen (secondary N) is 1. The summed E-state index contributed by atoms with van der Waals surface area (Å²) in [6.45, 7) is 4.83. The van der Waals surface area contributed by atoms with Crippen molar-refractivity contribution in [2.24, 2.45) is 0 Å². The molecule has 0 spiro atoms. The van der Waals surface area contributed by atoms with Gasteiger partial charge in [0.2, 0.25) is 5.91 Å². The number of aryl methyl sites for hydroxylation is 2. The Bertz CT molecular complexity index is 672. The van der Waals surface area contributed by atoms with Crippen molar-refractivity contribution in [3.63, 3.8) is 0 Å². The number of likely N-dealkylation sites (tertiary alicyclic amines) is 1. The number of amides is 1. The Balaban J connectivity index is 1.43. The molecule has 0 aromatic carbocycles. The molecule has 25 heavy (non-hydrogen) atoms. The van der Waals surface area contributed by atoms with Gasteiger partial charge in [-0.05, 0) is 6.42 Å². The maximum atomic E-state index is 12.2. The van der Waals surface area contributed by atoms with Gasteiger partial charge in [0.05, 0.1) is 23.4 Å². The van der Waals surface area contributed by atoms with Gasteiger partial charge in [-0.3, -0.25) is 9.69 Å². The predicted octanol–water partition coefficient (Wildman–Crippen LogP) is 1.04. The van der Waals surface area contributed by atoms with E-state index in [1.807, 2.05) is 21.7 Å². The SMILES string of the molecule is CCc1nccn1CCC(=O)N[C@@H]1CCN(Cc2cscn2)C[C@H]1O. The van der Waals surface area contributed by atoms with E-state index in [4.69, 9.17) is 0 Å². The Hall–Kier alpha value is -1.77. The first-order valence-corrected chi connectivity index (χ1v) is 9.67. The predicted molar refractivity (Wildman–Crippen MR) is 96.2 cm³/mol. The number of aliphatic hydroxyl groups excluding tert-OH is 1. The minimum absolute atomic E-state index is 0.0206. The van der Waals surface area contributed by atoms with Crippen LogP contribution in [0.2, 0.25) is 0 Å². The van der Waals surface area contributed by atoms with Gasteiger partial charge < -0.3 is 15.0 Å². The zero-order valence-corrected chi connectivity index (χ0v) is 15.3. The van der Waals surface area contributed by atoms with Gasteiger partial charge in [-0.25, -0.2) is 9.97 Å². The number of rotatable bonds is 7. The molecule has 0 unspecified atom stereocenters. The van der Waals surface area contributed by atoms with Gasteiger partial charge in [0.25, 0.3) is 0 Å². The number of thiazole rings is 1. The first-order valence-electron chi connectivity index (χ1n) is 8.72. The first-order chi connectivity index (χ1) is 12.2. The number of aromatic nitrogens is 3. The summed E-state index contributed by atoms with van der Waals surface area (Å²) in [6, 6.07) is -0.174. The molecule has 1 aliphatic heterocycles. The van der Waals surface area contributed by atoms with Crippen molar-refractivity contribution in [2.75, 3.05) is 13.1 Å². The fourth-order valence-electron chi connectivity index (χ4n) is 3.21. The quantitative estimate of drug-likeness (QED) is 0.768. The monoisotopic (exact) mass is 363 g/mol. The van der Waals surface area contributed by atoms with Crippen molar-refractivity contribution in [3.05, 3.63) is 34.8 Å². The van der Waals surface area contributed by atoms with Gasteiger partial charge in [0, 0.05) is 56.8 Å². The number of carbonyl (C=O) groups excluding carboxylic acids is 1. The second kappa shape index (κ2) is 8.55. The molecule has 2 atom stereocenters. The Labute approximate surface area is 151 Å². The van der Waals surface area contributed by atoms with Gasteiger partial charge >= 0.3 is 0 Å². The molecule has 1 saturated heterocycles. The van der Waals surface area contributed by atoms with E-state index in [0.717, 1.165) is 37.4 Å². The minimum Gasteiger partial charge on any atom is -0.390 e. The summed E-state index contributed by atoms with van der Waals surface area (Å²) in [4.78, 5) is 22.9. The molecule has 2 N–H and O–H groups in total. The van der Waals surface area contributed by atoms with E-state index in [1.165, 1.54) is 0 Å². The molecule has 2 aromatic heterocycles. The van der Waals surface area contributed by atoms with Gasteiger partial charge in [-0.1, -0.05) is 6.92 Å². The number of hydrogen-bond donors (Lipinski definition) is 2. The van der Waals surface area contributed by atoms with Crippen LogP contribution in [0.15, 0.2) is 23.3 Å². The molecule has 7 nitrogen and oxygen atoms in total. The average molecular weight is 363 g/mol. The number of piperidine rings is 1. The highest BCUT2D eigenvalue weighted by Crippen LogP contribution is 2.15. The topological polar surface area (TPSA) is 83.3 Å². The molecule has 1 fully saturated rings. The minimum atomic E-state index is -0.546. The number of hydrogen-bond acceptors (Lipinski definition) is 6. The van der Waals surface area contributed by atoms with E-state index in [9.17, 15) is 9.90 Å². The highest BCUT2D eigenvalue weighted by Gasteiger charge is 2.28. The zero-order valence-electron chi connectivity index (χ0n) is 14.5. The summed E-state index contributed by atoms with van der Waals surface area (Å²) in [5, 5.41) is 15.4. The molecule has 2 aromatic rings. The number of aliphatic hydroxyl groups is 1. The highest BCUT2D eigenvalue weighted by atomic mass is 32.1. The van der Waals surface area contributed by atoms with Crippen molar-refractivity contribution < 1.29 is 9.90 Å². The molecule has 0 radical (unpaired) electrons. The Morgan fingerprint density at radius 2 is 2.36 bits per heavy atom. The average Bonchev–Trinajstić information content (AvgIpc) is 3.26. The van der Waals surface area contributed by atoms with E-state index in [0.29, 0.717) is 19.5 Å². The van der Waals surface area contributed by atoms with Crippen molar-refractivity contribution in [2.45, 2.75) is 51.4 Å². The molecule has 8 heteroatoms. The van der Waals surface area contributed by atoms with E-state index in [-0.39, 0.29) is 11.9 Å². The standard InChI is InChI=1S/C17H25N5O2S/c1-2-16-18-5-8-22(16)7-4-17(24)20-14-3-6-21(10-15(14)23)9-13-11-25-12-19-13/h5,8,11-12,14-15,23H,2-4,6-7,9-10H2,1H3,(H,20,24)/t14-,15-/m1/s1. The van der Waals surface area contributed by atoms with Crippen LogP contribution in [0, 0.1) is 0 Å². The Kier molecular flexibility index (Phi) is 6.17. The number of carbonyl (C=O) groups is 1. The van der Waals surface area contributed by atoms with Crippen LogP contribution in [0.25, 0.3) is 0 Å². The molecule has 1 amide bonds. The van der Waals surface area contributed by atoms with Crippen molar-refractivity contribution in [1.82, 2.24) is 24.8 Å². The molecule has 0 saturated carbocycles. The lowest BCUT2D eigenvalue weighted by molar-refractivity contribution is -0.123. The lowest BCUT2D eigenvalue weighted by atomic mass is 10.0. The van der Waals surface area contributed by atoms with E-state index in [2.05, 4.69) is 27.1 Å². The second-order valence-electron chi connectivity index (χ2n) is 6.39. The fraction of sp³-hybridized carbons (Fsp3) is 0.588. The lowest BCUT2D eigenvalue weighted by Gasteiger charge is -2.36. The highest BCUT2D eigenvalue weighted by molar-refractivity contribution is 7.07. The summed E-state index contributed by atoms with van der Waals surface area (Å²) < 4.78 is 2.01. The van der Waals surface area contributed by atoms with Gasteiger partial charge in [-0.15, -0.1) is 11.3 Å². The molecule has 1 aliphatic rings. The lowest BCUT2D eigenvalue weighted by Crippen LogP contribution is -2.53. The third-order valence-electron chi connectivity index (χ3n) is 4.58. The molecular formula is C17H25N5O2S. The maximum absolute atomic E-state index is 12.2. The molecule has 0 aliphatic carbocycles. The van der Waals surface area contributed by atoms with Crippen LogP contribution in [-0.4, -0.2) is 55.7 Å². The van der Waals surface area contributed by atoms with Crippen LogP contribution in [0.3, 0.4) is 0 Å². The van der Waals surface area contributed by atoms with E-state index < -0.39 is 6.10 Å². The Morgan fingerprint density at radius 1 is 1.48 bits per heavy atom. The summed E-state index contributed by atoms with van der Waals surface area (Å²) in [6.07, 6.45) is 5.12. The number of β-amino-alcohol motifs (C(OH)–C–C–N with tert-alkyl or cyclic N) is 1. The largest absolute Gasteiger partial charge is 0.390 e. The number of imidazole rings is 1. The van der Waals surface area contributed by atoms with Crippen LogP contribution >= 0.6 is 11.3 Å². The fourth-order valence-corrected chi connectivity index (χ4v) is 3.76. The molecular weight excluding hydrogens is 338 g/mol. The maximum Gasteiger partial charge on any atom is 0.222 e. The summed E-state index contributed by atoms with van der Waals surface area (Å²) in [7, 11) is 0. The molecule has 0 bridgehead atoms. The smallest absolute Gasteiger partial charge is 0.222 e. The van der Waals surface area contributed by atoms with Crippen molar-refractivity contribution in [3.8, 4) is 0 Å². The van der Waals surface area contributed by atoms with Crippen LogP contribution in [0.1, 0.15) is 31.3 Å². The summed E-state index contributed by atoms with van der Waals surface area (Å²) in [5.74, 6) is 0.968. The van der Waals surface area contributed by atoms with Gasteiger partial charge in [0.1, 0.15) is 5.82 Å². The third-order valence-corrected chi connectivity index (χ3v) is 5.21. The Morgan fingerprint density at radius 3 is 3.08 bits per heavy atom. The third kappa shape index (κ3) is 4.87. The summed E-state index contributed by atoms with van der Waals surface area (Å²) in [5.41, 5.74) is 2.86. The van der Waals surface area contributed by atoms with Crippen molar-refractivity contribution >= 4 is 17.2 Å². The normalized spacial score (nSPS) is 21.4. The first kappa shape index (κ1) is 18.0. The number of nitrogens with zero attached hydrogens (tertiary/aromatic N) is 4. The van der Waals surface area contributed by atoms with Gasteiger partial charge in [-0.2, -0.15) is 0 Å².